The minimum atomic E-state index is 0. The van der Waals surface area contributed by atoms with Crippen LogP contribution in [0.1, 0.15) is 25.6 Å². The first-order chi connectivity index (χ1) is 10.8. The summed E-state index contributed by atoms with van der Waals surface area (Å²) in [4.78, 5) is 4.59. The van der Waals surface area contributed by atoms with Gasteiger partial charge in [-0.1, -0.05) is 6.07 Å². The molecule has 0 spiro atoms. The van der Waals surface area contributed by atoms with Crippen molar-refractivity contribution in [2.45, 2.75) is 26.3 Å². The van der Waals surface area contributed by atoms with Gasteiger partial charge in [-0.05, 0) is 43.9 Å². The number of nitrogens with one attached hydrogen (secondary N) is 2. The van der Waals surface area contributed by atoms with Crippen molar-refractivity contribution >= 4 is 47.3 Å². The third-order valence-electron chi connectivity index (χ3n) is 3.17. The fourth-order valence-corrected chi connectivity index (χ4v) is 2.56. The molecule has 0 aromatic carbocycles. The van der Waals surface area contributed by atoms with Gasteiger partial charge >= 0.3 is 0 Å². The molecule has 0 saturated heterocycles. The fourth-order valence-electron chi connectivity index (χ4n) is 2.07. The molecule has 0 aliphatic rings. The Bertz CT molecular complexity index is 600. The second-order valence-electron chi connectivity index (χ2n) is 4.87. The van der Waals surface area contributed by atoms with E-state index < -0.39 is 0 Å². The highest BCUT2D eigenvalue weighted by Crippen LogP contribution is 2.03. The summed E-state index contributed by atoms with van der Waals surface area (Å²) >= 11 is 1.89. The number of aliphatic imine (C=N–C) groups is 1. The van der Waals surface area contributed by atoms with Crippen molar-refractivity contribution in [3.05, 3.63) is 30.2 Å². The van der Waals surface area contributed by atoms with E-state index in [4.69, 9.17) is 0 Å². The zero-order valence-electron chi connectivity index (χ0n) is 13.7. The summed E-state index contributed by atoms with van der Waals surface area (Å²) in [5, 5.41) is 15.0. The molecule has 0 aliphatic heterocycles. The first kappa shape index (κ1) is 20.0. The average molecular weight is 448 g/mol. The Kier molecular flexibility index (Phi) is 10.0. The third-order valence-corrected chi connectivity index (χ3v) is 3.87. The number of aromatic nitrogens is 3. The van der Waals surface area contributed by atoms with Gasteiger partial charge in [0.2, 0.25) is 0 Å². The van der Waals surface area contributed by atoms with Crippen molar-refractivity contribution in [1.29, 1.82) is 0 Å². The Morgan fingerprint density at radius 3 is 2.91 bits per heavy atom. The van der Waals surface area contributed by atoms with Crippen LogP contribution >= 0.6 is 35.7 Å². The monoisotopic (exact) mass is 448 g/mol. The average Bonchev–Trinajstić information content (AvgIpc) is 2.95. The smallest absolute Gasteiger partial charge is 0.191 e. The number of hydrogen-bond donors (Lipinski definition) is 2. The van der Waals surface area contributed by atoms with Crippen LogP contribution in [0.15, 0.2) is 29.4 Å². The molecule has 0 radical (unpaired) electrons. The topological polar surface area (TPSA) is 66.6 Å². The van der Waals surface area contributed by atoms with E-state index in [0.717, 1.165) is 36.9 Å². The van der Waals surface area contributed by atoms with Gasteiger partial charge < -0.3 is 10.6 Å². The van der Waals surface area contributed by atoms with Crippen LogP contribution in [0.5, 0.6) is 0 Å². The Hall–Kier alpha value is -1.03. The molecule has 0 saturated carbocycles. The van der Waals surface area contributed by atoms with E-state index in [1.165, 1.54) is 12.2 Å². The number of fused-ring (bicyclic) bond motifs is 1. The fraction of sp³-hybridized carbons (Fsp3) is 0.533. The molecule has 2 aromatic heterocycles. The van der Waals surface area contributed by atoms with Gasteiger partial charge in [-0.3, -0.25) is 4.40 Å². The number of pyridine rings is 1. The summed E-state index contributed by atoms with van der Waals surface area (Å²) in [6.45, 7) is 4.35. The highest BCUT2D eigenvalue weighted by molar-refractivity contribution is 14.0. The van der Waals surface area contributed by atoms with Crippen molar-refractivity contribution in [3.8, 4) is 0 Å². The second-order valence-corrected chi connectivity index (χ2v) is 5.85. The van der Waals surface area contributed by atoms with E-state index in [2.05, 4.69) is 39.0 Å². The van der Waals surface area contributed by atoms with Crippen LogP contribution in [0.3, 0.4) is 0 Å². The van der Waals surface area contributed by atoms with E-state index in [9.17, 15) is 0 Å². The maximum absolute atomic E-state index is 4.59. The van der Waals surface area contributed by atoms with E-state index >= 15 is 0 Å². The summed E-state index contributed by atoms with van der Waals surface area (Å²) < 4.78 is 1.96. The molecular formula is C15H25IN6S. The van der Waals surface area contributed by atoms with Crippen LogP contribution in [0.25, 0.3) is 5.65 Å². The molecule has 0 bridgehead atoms. The predicted molar refractivity (Wildman–Crippen MR) is 109 cm³/mol. The lowest BCUT2D eigenvalue weighted by atomic mass is 10.3. The van der Waals surface area contributed by atoms with Gasteiger partial charge in [0.05, 0.1) is 0 Å². The number of hydrogen-bond acceptors (Lipinski definition) is 4. The summed E-state index contributed by atoms with van der Waals surface area (Å²) in [5.41, 5.74) is 0.850. The number of unbranched alkanes of at least 4 members (excludes halogenated alkanes) is 1. The summed E-state index contributed by atoms with van der Waals surface area (Å²) in [5.74, 6) is 2.88. The first-order valence-electron chi connectivity index (χ1n) is 7.65. The van der Waals surface area contributed by atoms with E-state index in [-0.39, 0.29) is 24.0 Å². The normalized spacial score (nSPS) is 11.3. The number of rotatable bonds is 8. The van der Waals surface area contributed by atoms with Gasteiger partial charge in [0, 0.05) is 19.3 Å². The summed E-state index contributed by atoms with van der Waals surface area (Å²) in [7, 11) is 0. The lowest BCUT2D eigenvalue weighted by Crippen LogP contribution is -2.37. The van der Waals surface area contributed by atoms with Gasteiger partial charge in [0.1, 0.15) is 6.54 Å². The summed E-state index contributed by atoms with van der Waals surface area (Å²) in [6, 6.07) is 5.87. The Morgan fingerprint density at radius 1 is 1.26 bits per heavy atom. The molecule has 0 fully saturated rings. The number of guanidine groups is 1. The molecule has 0 atom stereocenters. The van der Waals surface area contributed by atoms with Crippen molar-refractivity contribution in [2.24, 2.45) is 4.99 Å². The maximum atomic E-state index is 4.59. The van der Waals surface area contributed by atoms with Crippen LogP contribution in [0, 0.1) is 0 Å². The van der Waals surface area contributed by atoms with Crippen molar-refractivity contribution < 1.29 is 0 Å². The lowest BCUT2D eigenvalue weighted by molar-refractivity contribution is 0.731. The van der Waals surface area contributed by atoms with Crippen LogP contribution in [0.2, 0.25) is 0 Å². The minimum Gasteiger partial charge on any atom is -0.357 e. The zero-order chi connectivity index (χ0) is 15.6. The SMILES string of the molecule is CCNC(=NCc1nnc2ccccn12)NCCCCSC.I. The molecule has 2 aromatic rings. The van der Waals surface area contributed by atoms with Crippen LogP contribution < -0.4 is 10.6 Å². The molecule has 8 heteroatoms. The van der Waals surface area contributed by atoms with E-state index in [1.54, 1.807) is 0 Å². The van der Waals surface area contributed by atoms with Gasteiger partial charge in [0.15, 0.2) is 17.4 Å². The number of nitrogens with zero attached hydrogens (tertiary/aromatic N) is 4. The molecule has 128 valence electrons. The van der Waals surface area contributed by atoms with Crippen molar-refractivity contribution in [1.82, 2.24) is 25.2 Å². The molecule has 2 rings (SSSR count). The number of halogens is 1. The molecule has 0 amide bonds. The van der Waals surface area contributed by atoms with E-state index in [0.29, 0.717) is 6.54 Å². The first-order valence-corrected chi connectivity index (χ1v) is 9.04. The van der Waals surface area contributed by atoms with E-state index in [1.807, 2.05) is 40.6 Å². The quantitative estimate of drug-likeness (QED) is 0.281. The largest absolute Gasteiger partial charge is 0.357 e. The number of thioether (sulfide) groups is 1. The maximum Gasteiger partial charge on any atom is 0.191 e. The van der Waals surface area contributed by atoms with Crippen LogP contribution in [0.4, 0.5) is 0 Å². The van der Waals surface area contributed by atoms with Gasteiger partial charge in [-0.15, -0.1) is 34.2 Å². The molecule has 0 aliphatic carbocycles. The van der Waals surface area contributed by atoms with Crippen molar-refractivity contribution in [3.63, 3.8) is 0 Å². The van der Waals surface area contributed by atoms with Crippen LogP contribution in [-0.4, -0.2) is 45.7 Å². The highest BCUT2D eigenvalue weighted by Gasteiger charge is 2.04. The molecule has 0 unspecified atom stereocenters. The van der Waals surface area contributed by atoms with Gasteiger partial charge in [0.25, 0.3) is 0 Å². The van der Waals surface area contributed by atoms with Gasteiger partial charge in [-0.25, -0.2) is 4.99 Å². The lowest BCUT2D eigenvalue weighted by Gasteiger charge is -2.10. The Morgan fingerprint density at radius 2 is 2.13 bits per heavy atom. The molecule has 6 nitrogen and oxygen atoms in total. The second kappa shape index (κ2) is 11.5. The third kappa shape index (κ3) is 6.54. The molecular weight excluding hydrogens is 423 g/mol. The van der Waals surface area contributed by atoms with Crippen molar-refractivity contribution in [2.75, 3.05) is 25.1 Å². The van der Waals surface area contributed by atoms with Crippen LogP contribution in [-0.2, 0) is 6.54 Å². The predicted octanol–water partition coefficient (Wildman–Crippen LogP) is 2.55. The summed E-state index contributed by atoms with van der Waals surface area (Å²) in [6.07, 6.45) is 6.48. The molecule has 2 N–H and O–H groups in total. The minimum absolute atomic E-state index is 0. The zero-order valence-corrected chi connectivity index (χ0v) is 16.8. The highest BCUT2D eigenvalue weighted by atomic mass is 127. The Balaban J connectivity index is 0.00000264. The standard InChI is InChI=1S/C15H24N6S.HI/c1-3-16-15(17-9-5-7-11-22-2)18-12-14-20-19-13-8-4-6-10-21(13)14;/h4,6,8,10H,3,5,7,9,11-12H2,1-2H3,(H2,16,17,18);1H. The molecule has 2 heterocycles. The Labute approximate surface area is 159 Å². The molecule has 23 heavy (non-hydrogen) atoms. The van der Waals surface area contributed by atoms with Gasteiger partial charge in [-0.2, -0.15) is 11.8 Å².